The summed E-state index contributed by atoms with van der Waals surface area (Å²) in [6, 6.07) is 5.81. The van der Waals surface area contributed by atoms with Gasteiger partial charge < -0.3 is 20.3 Å². The molecule has 1 saturated carbocycles. The van der Waals surface area contributed by atoms with Crippen molar-refractivity contribution in [3.63, 3.8) is 0 Å². The lowest BCUT2D eigenvalue weighted by Crippen LogP contribution is -2.36. The Bertz CT molecular complexity index is 1500. The Balaban J connectivity index is 1.41. The first-order chi connectivity index (χ1) is 17.7. The Morgan fingerprint density at radius 2 is 1.95 bits per heavy atom. The summed E-state index contributed by atoms with van der Waals surface area (Å²) in [6.45, 7) is 6.78. The Kier molecular flexibility index (Phi) is 5.78. The van der Waals surface area contributed by atoms with E-state index in [1.165, 1.54) is 0 Å². The number of nitrogens with zero attached hydrogens (tertiary/aromatic N) is 6. The number of anilines is 3. The van der Waals surface area contributed by atoms with E-state index < -0.39 is 5.34 Å². The normalized spacial score (nSPS) is 19.8. The third-order valence-electron chi connectivity index (χ3n) is 6.79. The average molecular weight is 492 g/mol. The number of carbonyl (C=O) groups excluding carboxylic acids is 1. The second-order valence-corrected chi connectivity index (χ2v) is 10.1. The number of hydrogen-bond donors (Lipinski definition) is 2. The molecule has 1 aliphatic heterocycles. The highest BCUT2D eigenvalue weighted by Crippen LogP contribution is 2.39. The van der Waals surface area contributed by atoms with Crippen LogP contribution < -0.4 is 15.5 Å². The molecular weight excluding hydrogens is 466 g/mol. The van der Waals surface area contributed by atoms with Gasteiger partial charge in [-0.05, 0) is 35.9 Å². The Morgan fingerprint density at radius 3 is 2.68 bits per heavy atom. The minimum atomic E-state index is -1.19. The molecule has 12 heteroatoms. The van der Waals surface area contributed by atoms with Crippen LogP contribution in [0.2, 0.25) is 0 Å². The van der Waals surface area contributed by atoms with Gasteiger partial charge in [0.25, 0.3) is 0 Å². The molecule has 5 heterocycles. The minimum Gasteiger partial charge on any atom is -0.381 e. The van der Waals surface area contributed by atoms with E-state index in [9.17, 15) is 4.79 Å². The van der Waals surface area contributed by atoms with Crippen LogP contribution >= 0.6 is 0 Å². The molecule has 4 aromatic rings. The zero-order chi connectivity index (χ0) is 25.7. The number of carbonyl (C=O) groups is 1. The van der Waals surface area contributed by atoms with E-state index in [-0.39, 0.29) is 11.8 Å². The molecule has 2 atom stereocenters. The highest BCUT2D eigenvalue weighted by molar-refractivity contribution is 6.41. The number of morpholine rings is 1. The van der Waals surface area contributed by atoms with Crippen molar-refractivity contribution in [3.8, 4) is 11.4 Å². The van der Waals surface area contributed by atoms with Gasteiger partial charge in [0.2, 0.25) is 5.91 Å². The number of hydrogen-bond acceptors (Lipinski definition) is 8. The van der Waals surface area contributed by atoms with Gasteiger partial charge in [-0.1, -0.05) is 13.8 Å². The van der Waals surface area contributed by atoms with Crippen LogP contribution in [0.4, 0.5) is 17.3 Å². The summed E-state index contributed by atoms with van der Waals surface area (Å²) in [7, 11) is 12.0. The van der Waals surface area contributed by atoms with E-state index in [0.717, 1.165) is 30.6 Å². The maximum absolute atomic E-state index is 12.6. The van der Waals surface area contributed by atoms with Crippen molar-refractivity contribution >= 4 is 55.3 Å². The lowest BCUT2D eigenvalue weighted by Gasteiger charge is -2.28. The molecule has 2 N–H and O–H groups in total. The van der Waals surface area contributed by atoms with Crippen molar-refractivity contribution in [1.29, 1.82) is 0 Å². The van der Waals surface area contributed by atoms with Gasteiger partial charge in [-0.15, -0.1) is 5.10 Å². The lowest BCUT2D eigenvalue weighted by molar-refractivity contribution is -0.117. The Morgan fingerprint density at radius 1 is 1.16 bits per heavy atom. The second kappa shape index (κ2) is 9.02. The van der Waals surface area contributed by atoms with Crippen LogP contribution in [0.15, 0.2) is 36.8 Å². The fraction of sp³-hybridized carbons (Fsp3) is 0.400. The second-order valence-electron chi connectivity index (χ2n) is 10.1. The largest absolute Gasteiger partial charge is 0.381 e. The fourth-order valence-corrected chi connectivity index (χ4v) is 4.64. The minimum absolute atomic E-state index is 0.0220. The van der Waals surface area contributed by atoms with E-state index in [4.69, 9.17) is 30.5 Å². The first-order valence-corrected chi connectivity index (χ1v) is 12.4. The van der Waals surface area contributed by atoms with Crippen LogP contribution in [-0.4, -0.2) is 77.8 Å². The van der Waals surface area contributed by atoms with Gasteiger partial charge in [0.05, 0.1) is 40.8 Å². The molecule has 10 nitrogen and oxygen atoms in total. The van der Waals surface area contributed by atoms with Crippen LogP contribution in [0.1, 0.15) is 20.3 Å². The van der Waals surface area contributed by atoms with Gasteiger partial charge >= 0.3 is 0 Å². The van der Waals surface area contributed by atoms with Crippen LogP contribution in [-0.2, 0) is 9.53 Å². The van der Waals surface area contributed by atoms with E-state index >= 15 is 0 Å². The summed E-state index contributed by atoms with van der Waals surface area (Å²) in [5.74, 6) is 1.84. The molecule has 0 unspecified atom stereocenters. The van der Waals surface area contributed by atoms with Crippen LogP contribution in [0.3, 0.4) is 0 Å². The van der Waals surface area contributed by atoms with Gasteiger partial charge in [0.15, 0.2) is 11.5 Å². The number of rotatable bonds is 6. The van der Waals surface area contributed by atoms with Crippen molar-refractivity contribution in [1.82, 2.24) is 24.6 Å². The number of fused-ring (bicyclic) bond motifs is 2. The van der Waals surface area contributed by atoms with Crippen molar-refractivity contribution < 1.29 is 9.53 Å². The summed E-state index contributed by atoms with van der Waals surface area (Å²) in [6.07, 6.45) is 6.20. The zero-order valence-electron chi connectivity index (χ0n) is 20.8. The number of amides is 1. The SMILES string of the molecule is [B]C([B])(C)Nc1ncc(-c2nc3ccc(N4CCOCC4)cn3n2)c2cc(NC(=O)[C@H]3C[C@H]3C)ncc12. The number of ether oxygens (including phenoxy) is 1. The molecule has 184 valence electrons. The summed E-state index contributed by atoms with van der Waals surface area (Å²) in [5, 5.41) is 11.0. The van der Waals surface area contributed by atoms with Crippen LogP contribution in [0.5, 0.6) is 0 Å². The van der Waals surface area contributed by atoms with E-state index in [1.807, 2.05) is 24.4 Å². The molecule has 4 radical (unpaired) electrons. The first kappa shape index (κ1) is 23.7. The van der Waals surface area contributed by atoms with Gasteiger partial charge in [-0.25, -0.2) is 19.5 Å². The van der Waals surface area contributed by atoms with Gasteiger partial charge in [0.1, 0.15) is 11.6 Å². The first-order valence-electron chi connectivity index (χ1n) is 12.4. The van der Waals surface area contributed by atoms with Crippen molar-refractivity contribution in [3.05, 3.63) is 36.8 Å². The summed E-state index contributed by atoms with van der Waals surface area (Å²) >= 11 is 0. The van der Waals surface area contributed by atoms with Crippen molar-refractivity contribution in [2.45, 2.75) is 25.6 Å². The van der Waals surface area contributed by atoms with Gasteiger partial charge in [-0.3, -0.25) is 4.79 Å². The molecule has 1 amide bonds. The van der Waals surface area contributed by atoms with E-state index in [0.29, 0.717) is 53.2 Å². The Hall–Kier alpha value is -3.66. The van der Waals surface area contributed by atoms with Crippen LogP contribution in [0, 0.1) is 11.8 Å². The smallest absolute Gasteiger partial charge is 0.228 e. The quantitative estimate of drug-likeness (QED) is 0.395. The number of nitrogens with one attached hydrogen (secondary N) is 2. The van der Waals surface area contributed by atoms with Gasteiger partial charge in [0, 0.05) is 47.7 Å². The molecular formula is C25H26B2N8O2. The topological polar surface area (TPSA) is 110 Å². The molecule has 1 saturated heterocycles. The fourth-order valence-electron chi connectivity index (χ4n) is 4.64. The predicted octanol–water partition coefficient (Wildman–Crippen LogP) is 2.19. The van der Waals surface area contributed by atoms with E-state index in [1.54, 1.807) is 23.8 Å². The van der Waals surface area contributed by atoms with Gasteiger partial charge in [-0.2, -0.15) is 0 Å². The molecule has 4 aromatic heterocycles. The highest BCUT2D eigenvalue weighted by Gasteiger charge is 2.39. The molecule has 6 rings (SSSR count). The zero-order valence-corrected chi connectivity index (χ0v) is 20.8. The number of aromatic nitrogens is 5. The maximum atomic E-state index is 12.6. The standard InChI is InChI=1S/C25H26B2N8O2/c1-14-9-16(14)24(36)30-20-10-17-18(11-28-20)22(32-25(2,26)27)29-12-19(17)23-31-21-4-3-15(13-35(21)33-23)34-5-7-37-8-6-34/h3-4,10-14,16H,5-9H2,1-2H3,(H,29,32)(H,28,30,36)/t14-,16+/m1/s1. The average Bonchev–Trinajstić information content (AvgIpc) is 3.46. The molecule has 0 aromatic carbocycles. The summed E-state index contributed by atoms with van der Waals surface area (Å²) < 4.78 is 7.24. The summed E-state index contributed by atoms with van der Waals surface area (Å²) in [5.41, 5.74) is 2.47. The lowest BCUT2D eigenvalue weighted by atomic mass is 9.63. The molecule has 0 spiro atoms. The van der Waals surface area contributed by atoms with Crippen LogP contribution in [0.25, 0.3) is 27.8 Å². The predicted molar refractivity (Wildman–Crippen MR) is 144 cm³/mol. The molecule has 2 aliphatic rings. The maximum Gasteiger partial charge on any atom is 0.228 e. The van der Waals surface area contributed by atoms with Crippen molar-refractivity contribution in [2.75, 3.05) is 41.8 Å². The molecule has 0 bridgehead atoms. The third kappa shape index (κ3) is 4.85. The number of pyridine rings is 3. The van der Waals surface area contributed by atoms with E-state index in [2.05, 4.69) is 32.4 Å². The molecule has 2 fully saturated rings. The third-order valence-corrected chi connectivity index (χ3v) is 6.79. The van der Waals surface area contributed by atoms with Crippen molar-refractivity contribution in [2.24, 2.45) is 11.8 Å². The Labute approximate surface area is 217 Å². The highest BCUT2D eigenvalue weighted by atomic mass is 16.5. The molecule has 1 aliphatic carbocycles. The molecule has 37 heavy (non-hydrogen) atoms. The monoisotopic (exact) mass is 492 g/mol. The summed E-state index contributed by atoms with van der Waals surface area (Å²) in [4.78, 5) is 28.6.